The number of hydrogen-bond acceptors (Lipinski definition) is 4. The number of sulfone groups is 1. The average molecular weight is 325 g/mol. The fourth-order valence-electron chi connectivity index (χ4n) is 3.06. The maximum atomic E-state index is 11.8. The summed E-state index contributed by atoms with van der Waals surface area (Å²) in [5.74, 6) is 3.66. The lowest BCUT2D eigenvalue weighted by atomic mass is 10.1. The van der Waals surface area contributed by atoms with Crippen molar-refractivity contribution in [2.24, 2.45) is 11.8 Å². The molecule has 1 N–H and O–H groups in total. The largest absolute Gasteiger partial charge is 0.466 e. The van der Waals surface area contributed by atoms with Crippen LogP contribution < -0.4 is 5.32 Å². The molecule has 1 aromatic rings. The number of nitrogens with one attached hydrogen (secondary N) is 1. The van der Waals surface area contributed by atoms with Crippen LogP contribution in [0, 0.1) is 11.8 Å². The minimum absolute atomic E-state index is 0.0398. The van der Waals surface area contributed by atoms with E-state index in [-0.39, 0.29) is 23.3 Å². The third-order valence-electron chi connectivity index (χ3n) is 4.67. The van der Waals surface area contributed by atoms with Gasteiger partial charge in [-0.1, -0.05) is 6.92 Å². The summed E-state index contributed by atoms with van der Waals surface area (Å²) in [4.78, 5) is 11.8. The van der Waals surface area contributed by atoms with Crippen LogP contribution in [0.3, 0.4) is 0 Å². The van der Waals surface area contributed by atoms with Crippen molar-refractivity contribution in [1.82, 2.24) is 5.32 Å². The number of amides is 1. The van der Waals surface area contributed by atoms with E-state index in [1.54, 1.807) is 0 Å². The SMILES string of the molecule is C[C@@H]1C[C@H]1c1ccc(CCC(=O)NC[C@@H]2CCS(=O)(=O)C2)o1. The Morgan fingerprint density at radius 1 is 1.41 bits per heavy atom. The summed E-state index contributed by atoms with van der Waals surface area (Å²) >= 11 is 0. The van der Waals surface area contributed by atoms with Gasteiger partial charge in [0.2, 0.25) is 5.91 Å². The summed E-state index contributed by atoms with van der Waals surface area (Å²) in [6.45, 7) is 2.67. The Hall–Kier alpha value is -1.30. The predicted octanol–water partition coefficient (Wildman–Crippen LogP) is 1.89. The van der Waals surface area contributed by atoms with E-state index >= 15 is 0 Å². The predicted molar refractivity (Wildman–Crippen MR) is 83.3 cm³/mol. The molecule has 0 aromatic carbocycles. The van der Waals surface area contributed by atoms with Gasteiger partial charge in [0.25, 0.3) is 0 Å². The van der Waals surface area contributed by atoms with Crippen LogP contribution in [-0.4, -0.2) is 32.4 Å². The zero-order valence-corrected chi connectivity index (χ0v) is 13.7. The third kappa shape index (κ3) is 3.91. The second-order valence-electron chi connectivity index (χ2n) is 6.70. The van der Waals surface area contributed by atoms with Crippen LogP contribution in [0.1, 0.15) is 43.6 Å². The van der Waals surface area contributed by atoms with Crippen LogP contribution in [0.2, 0.25) is 0 Å². The summed E-state index contributed by atoms with van der Waals surface area (Å²) in [5, 5.41) is 2.84. The highest BCUT2D eigenvalue weighted by atomic mass is 32.2. The molecule has 22 heavy (non-hydrogen) atoms. The summed E-state index contributed by atoms with van der Waals surface area (Å²) in [6.07, 6.45) is 2.82. The molecule has 1 saturated carbocycles. The fourth-order valence-corrected chi connectivity index (χ4v) is 4.92. The molecule has 0 radical (unpaired) electrons. The van der Waals surface area contributed by atoms with Crippen LogP contribution >= 0.6 is 0 Å². The van der Waals surface area contributed by atoms with Crippen molar-refractivity contribution < 1.29 is 17.6 Å². The molecule has 122 valence electrons. The smallest absolute Gasteiger partial charge is 0.220 e. The molecule has 0 spiro atoms. The number of rotatable bonds is 6. The molecule has 6 heteroatoms. The number of hydrogen-bond donors (Lipinski definition) is 1. The van der Waals surface area contributed by atoms with Crippen molar-refractivity contribution in [2.45, 2.75) is 38.5 Å². The van der Waals surface area contributed by atoms with Crippen molar-refractivity contribution in [2.75, 3.05) is 18.1 Å². The molecule has 1 aliphatic carbocycles. The number of carbonyl (C=O) groups excluding carboxylic acids is 1. The van der Waals surface area contributed by atoms with Gasteiger partial charge in [0.15, 0.2) is 9.84 Å². The lowest BCUT2D eigenvalue weighted by molar-refractivity contribution is -0.121. The molecule has 2 heterocycles. The highest BCUT2D eigenvalue weighted by Gasteiger charge is 2.36. The summed E-state index contributed by atoms with van der Waals surface area (Å²) in [7, 11) is -2.87. The Balaban J connectivity index is 1.38. The van der Waals surface area contributed by atoms with E-state index in [9.17, 15) is 13.2 Å². The van der Waals surface area contributed by atoms with Crippen LogP contribution in [0.25, 0.3) is 0 Å². The Labute approximate surface area is 131 Å². The molecule has 1 saturated heterocycles. The van der Waals surface area contributed by atoms with Crippen molar-refractivity contribution in [1.29, 1.82) is 0 Å². The van der Waals surface area contributed by atoms with E-state index in [0.29, 0.717) is 37.6 Å². The van der Waals surface area contributed by atoms with Crippen molar-refractivity contribution in [3.63, 3.8) is 0 Å². The van der Waals surface area contributed by atoms with E-state index in [1.807, 2.05) is 12.1 Å². The second kappa shape index (κ2) is 6.07. The van der Waals surface area contributed by atoms with Gasteiger partial charge in [-0.05, 0) is 36.8 Å². The fraction of sp³-hybridized carbons (Fsp3) is 0.688. The summed E-state index contributed by atoms with van der Waals surface area (Å²) in [5.41, 5.74) is 0. The number of furan rings is 1. The van der Waals surface area contributed by atoms with Gasteiger partial charge >= 0.3 is 0 Å². The second-order valence-corrected chi connectivity index (χ2v) is 8.93. The molecular formula is C16H23NO4S. The van der Waals surface area contributed by atoms with Crippen molar-refractivity contribution in [3.05, 3.63) is 23.7 Å². The van der Waals surface area contributed by atoms with Crippen molar-refractivity contribution in [3.8, 4) is 0 Å². The molecule has 3 atom stereocenters. The van der Waals surface area contributed by atoms with E-state index < -0.39 is 9.84 Å². The highest BCUT2D eigenvalue weighted by molar-refractivity contribution is 7.91. The monoisotopic (exact) mass is 325 g/mol. The lowest BCUT2D eigenvalue weighted by Gasteiger charge is -2.09. The molecule has 5 nitrogen and oxygen atoms in total. The van der Waals surface area contributed by atoms with E-state index in [2.05, 4.69) is 12.2 Å². The van der Waals surface area contributed by atoms with Crippen LogP contribution in [0.4, 0.5) is 0 Å². The topological polar surface area (TPSA) is 76.4 Å². The summed E-state index contributed by atoms with van der Waals surface area (Å²) < 4.78 is 28.5. The van der Waals surface area contributed by atoms with Gasteiger partial charge in [0.1, 0.15) is 11.5 Å². The number of aryl methyl sites for hydroxylation is 1. The normalized spacial score (nSPS) is 29.4. The molecular weight excluding hydrogens is 302 g/mol. The standard InChI is InChI=1S/C16H23NO4S/c1-11-8-14(11)15-4-2-13(21-15)3-5-16(18)17-9-12-6-7-22(19,20)10-12/h2,4,11-12,14H,3,5-10H2,1H3,(H,17,18)/t11-,12+,14-/m1/s1. The summed E-state index contributed by atoms with van der Waals surface area (Å²) in [6, 6.07) is 3.97. The van der Waals surface area contributed by atoms with Gasteiger partial charge in [-0.3, -0.25) is 4.79 Å². The van der Waals surface area contributed by atoms with E-state index in [4.69, 9.17) is 4.42 Å². The van der Waals surface area contributed by atoms with Gasteiger partial charge in [-0.25, -0.2) is 8.42 Å². The van der Waals surface area contributed by atoms with Gasteiger partial charge in [0, 0.05) is 25.3 Å². The zero-order chi connectivity index (χ0) is 15.7. The Morgan fingerprint density at radius 3 is 2.82 bits per heavy atom. The molecule has 1 amide bonds. The third-order valence-corrected chi connectivity index (χ3v) is 6.51. The molecule has 0 unspecified atom stereocenters. The first-order chi connectivity index (χ1) is 10.4. The Kier molecular flexibility index (Phi) is 4.30. The van der Waals surface area contributed by atoms with Crippen molar-refractivity contribution >= 4 is 15.7 Å². The van der Waals surface area contributed by atoms with Crippen LogP contribution in [0.5, 0.6) is 0 Å². The maximum absolute atomic E-state index is 11.8. The molecule has 0 bridgehead atoms. The Morgan fingerprint density at radius 2 is 2.18 bits per heavy atom. The minimum atomic E-state index is -2.87. The van der Waals surface area contributed by atoms with Gasteiger partial charge in [0.05, 0.1) is 11.5 Å². The zero-order valence-electron chi connectivity index (χ0n) is 12.9. The van der Waals surface area contributed by atoms with E-state index in [1.165, 1.54) is 6.42 Å². The quantitative estimate of drug-likeness (QED) is 0.866. The van der Waals surface area contributed by atoms with Crippen LogP contribution in [-0.2, 0) is 21.1 Å². The Bertz CT molecular complexity index is 649. The first kappa shape index (κ1) is 15.6. The molecule has 1 aliphatic heterocycles. The first-order valence-corrected chi connectivity index (χ1v) is 9.81. The lowest BCUT2D eigenvalue weighted by Crippen LogP contribution is -2.29. The maximum Gasteiger partial charge on any atom is 0.220 e. The average Bonchev–Trinajstić information content (AvgIpc) is 2.88. The molecule has 3 rings (SSSR count). The van der Waals surface area contributed by atoms with E-state index in [0.717, 1.165) is 11.5 Å². The van der Waals surface area contributed by atoms with Gasteiger partial charge < -0.3 is 9.73 Å². The molecule has 1 aromatic heterocycles. The molecule has 2 fully saturated rings. The first-order valence-electron chi connectivity index (χ1n) is 7.99. The highest BCUT2D eigenvalue weighted by Crippen LogP contribution is 2.47. The van der Waals surface area contributed by atoms with Gasteiger partial charge in [-0.2, -0.15) is 0 Å². The molecule has 2 aliphatic rings. The van der Waals surface area contributed by atoms with Gasteiger partial charge in [-0.15, -0.1) is 0 Å². The number of carbonyl (C=O) groups is 1. The van der Waals surface area contributed by atoms with Crippen LogP contribution in [0.15, 0.2) is 16.5 Å². The minimum Gasteiger partial charge on any atom is -0.466 e.